The summed E-state index contributed by atoms with van der Waals surface area (Å²) in [4.78, 5) is 7.71. The largest absolute Gasteiger partial charge is 0.490 e. The molecule has 7 aliphatic heterocycles. The van der Waals surface area contributed by atoms with Gasteiger partial charge in [0.25, 0.3) is 13.2 Å². The number of ether oxygens (including phenoxy) is 10. The van der Waals surface area contributed by atoms with Crippen LogP contribution in [0.4, 0.5) is 0 Å². The maximum Gasteiger partial charge on any atom is 0.405 e. The van der Waals surface area contributed by atoms with Crippen molar-refractivity contribution < 1.29 is 47.4 Å². The van der Waals surface area contributed by atoms with Crippen molar-refractivity contribution in [2.24, 2.45) is 0 Å². The van der Waals surface area contributed by atoms with Crippen molar-refractivity contribution in [3.05, 3.63) is 50.0 Å². The third kappa shape index (κ3) is 5.11. The smallest absolute Gasteiger partial charge is 0.405 e. The molecule has 0 aliphatic carbocycles. The van der Waals surface area contributed by atoms with Crippen LogP contribution in [0.3, 0.4) is 0 Å². The van der Waals surface area contributed by atoms with Crippen LogP contribution in [-0.4, -0.2) is 84.5 Å². The van der Waals surface area contributed by atoms with Gasteiger partial charge in [-0.25, -0.2) is 8.85 Å². The van der Waals surface area contributed by atoms with Crippen LogP contribution in [0, 0.1) is 16.0 Å². The van der Waals surface area contributed by atoms with Gasteiger partial charge in [0.15, 0.2) is 62.5 Å². The van der Waals surface area contributed by atoms with E-state index in [0.717, 1.165) is 82.6 Å². The van der Waals surface area contributed by atoms with Gasteiger partial charge in [-0.1, -0.05) is 0 Å². The standard InChI is InChI=1S/C38H32O12S6/c1-15-17-19(41-5-3-39-17)29(51-15)31-21-23(45-9-7-43-21)33(53-31)35-25-27(49-13-11-47-25)37(55-35)38-28-26(48-12-14-50-28)36(56-38)34-24-22(44-8-10-46-24)32(54-34)30-20-18(16(2)52-30)40-4-6-42-20/h15,29H,3-14H2,1-2H3/q+2. The summed E-state index contributed by atoms with van der Waals surface area (Å²) in [5, 5.41) is 0.110. The fraction of sp³-hybridized carbons (Fsp3) is 0.421. The zero-order valence-corrected chi connectivity index (χ0v) is 34.9. The van der Waals surface area contributed by atoms with E-state index in [9.17, 15) is 0 Å². The monoisotopic (exact) mass is 872 g/mol. The Balaban J connectivity index is 1.06. The van der Waals surface area contributed by atoms with Crippen molar-refractivity contribution in [3.8, 4) is 75.3 Å². The maximum atomic E-state index is 6.47. The van der Waals surface area contributed by atoms with E-state index in [-0.39, 0.29) is 10.5 Å². The van der Waals surface area contributed by atoms with Gasteiger partial charge in [-0.3, -0.25) is 0 Å². The first-order valence-electron chi connectivity index (χ1n) is 18.4. The van der Waals surface area contributed by atoms with Gasteiger partial charge in [-0.05, 0) is 13.8 Å². The minimum Gasteiger partial charge on any atom is -0.490 e. The Morgan fingerprint density at radius 3 is 1.46 bits per heavy atom. The van der Waals surface area contributed by atoms with Crippen LogP contribution in [0.1, 0.15) is 21.9 Å². The summed E-state index contributed by atoms with van der Waals surface area (Å²) >= 11 is 9.93. The zero-order valence-electron chi connectivity index (χ0n) is 30.0. The van der Waals surface area contributed by atoms with Crippen LogP contribution in [-0.2, 0) is 9.47 Å². The highest BCUT2D eigenvalue weighted by Gasteiger charge is 2.44. The Hall–Kier alpha value is -3.81. The predicted octanol–water partition coefficient (Wildman–Crippen LogP) is 7.35. The SMILES string of the molecule is Cc1sc(-c2s/c(=c3/sc(-c4sc(-c5sc(C6SC(C)C7=C6OCCO7)c6c5OCCO6)c5c4OCCO5)c4c3=[O+]CCO4)c3c2OCC[O+]=3)c2c1OCCO2. The molecule has 7 aliphatic rings. The maximum absolute atomic E-state index is 6.47. The van der Waals surface area contributed by atoms with Crippen LogP contribution < -0.4 is 48.8 Å². The van der Waals surface area contributed by atoms with Crippen molar-refractivity contribution in [3.63, 3.8) is 0 Å². The van der Waals surface area contributed by atoms with Crippen molar-refractivity contribution in [2.45, 2.75) is 24.3 Å². The van der Waals surface area contributed by atoms with Crippen molar-refractivity contribution in [1.29, 1.82) is 0 Å². The lowest BCUT2D eigenvalue weighted by Crippen LogP contribution is -2.20. The summed E-state index contributed by atoms with van der Waals surface area (Å²) in [6, 6.07) is 0. The Labute approximate surface area is 342 Å². The second-order valence-electron chi connectivity index (χ2n) is 13.4. The molecule has 0 aromatic carbocycles. The molecule has 18 heteroatoms. The second kappa shape index (κ2) is 13.4. The van der Waals surface area contributed by atoms with Gasteiger partial charge in [0, 0.05) is 4.88 Å². The number of hydrogen-bond acceptors (Lipinski definition) is 16. The lowest BCUT2D eigenvalue weighted by molar-refractivity contribution is 0.0600. The van der Waals surface area contributed by atoms with Gasteiger partial charge < -0.3 is 47.4 Å². The molecule has 290 valence electrons. The molecule has 12 heterocycles. The van der Waals surface area contributed by atoms with E-state index in [4.69, 9.17) is 56.2 Å². The van der Waals surface area contributed by atoms with Crippen LogP contribution in [0.25, 0.3) is 29.3 Å². The predicted molar refractivity (Wildman–Crippen MR) is 217 cm³/mol. The van der Waals surface area contributed by atoms with E-state index in [0.29, 0.717) is 113 Å². The number of fused-ring (bicyclic) bond motifs is 5. The highest BCUT2D eigenvalue weighted by atomic mass is 32.2. The van der Waals surface area contributed by atoms with Crippen LogP contribution in [0.15, 0.2) is 20.4 Å². The molecule has 12 nitrogen and oxygen atoms in total. The molecule has 0 fully saturated rings. The Kier molecular flexibility index (Phi) is 8.18. The normalized spacial score (nSPS) is 22.0. The third-order valence-corrected chi connectivity index (χ3v) is 17.9. The molecule has 0 saturated carbocycles. The van der Waals surface area contributed by atoms with Crippen molar-refractivity contribution in [1.82, 2.24) is 0 Å². The summed E-state index contributed by atoms with van der Waals surface area (Å²) in [6.07, 6.45) is 0. The molecule has 0 radical (unpaired) electrons. The van der Waals surface area contributed by atoms with E-state index in [1.807, 2.05) is 11.8 Å². The fourth-order valence-electron chi connectivity index (χ4n) is 7.76. The molecule has 0 N–H and O–H groups in total. The average Bonchev–Trinajstić information content (AvgIpc) is 4.10. The molecule has 56 heavy (non-hydrogen) atoms. The number of rotatable bonds is 4. The molecule has 5 aromatic rings. The molecule has 0 bridgehead atoms. The molecule has 0 saturated heterocycles. The average molecular weight is 873 g/mol. The molecule has 2 unspecified atom stereocenters. The molecular formula is C38H32O12S6+2. The Bertz CT molecular complexity index is 2720. The van der Waals surface area contributed by atoms with Crippen LogP contribution in [0.5, 0.6) is 46.0 Å². The quantitative estimate of drug-likeness (QED) is 0.169. The van der Waals surface area contributed by atoms with Gasteiger partial charge in [0.1, 0.15) is 73.6 Å². The van der Waals surface area contributed by atoms with Gasteiger partial charge in [0.2, 0.25) is 11.5 Å². The summed E-state index contributed by atoms with van der Waals surface area (Å²) in [7, 11) is 0. The summed E-state index contributed by atoms with van der Waals surface area (Å²) in [6.45, 7) is 9.86. The van der Waals surface area contributed by atoms with Gasteiger partial charge in [-0.2, -0.15) is 0 Å². The number of hydrogen-bond donors (Lipinski definition) is 0. The molecular weight excluding hydrogens is 841 g/mol. The first kappa shape index (κ1) is 34.3. The van der Waals surface area contributed by atoms with Gasteiger partial charge in [0.05, 0.1) is 29.6 Å². The Morgan fingerprint density at radius 2 is 0.857 bits per heavy atom. The van der Waals surface area contributed by atoms with Crippen molar-refractivity contribution >= 4 is 68.4 Å². The van der Waals surface area contributed by atoms with E-state index in [1.165, 1.54) is 0 Å². The van der Waals surface area contributed by atoms with E-state index in [2.05, 4.69) is 13.8 Å². The van der Waals surface area contributed by atoms with Gasteiger partial charge in [-0.15, -0.1) is 68.4 Å². The van der Waals surface area contributed by atoms with Crippen LogP contribution in [0.2, 0.25) is 0 Å². The number of aryl methyl sites for hydroxylation is 1. The highest BCUT2D eigenvalue weighted by molar-refractivity contribution is 8.00. The lowest BCUT2D eigenvalue weighted by atomic mass is 10.2. The topological polar surface area (TPSA) is 115 Å². The summed E-state index contributed by atoms with van der Waals surface area (Å²) in [5.41, 5.74) is 1.38. The van der Waals surface area contributed by atoms with E-state index in [1.54, 1.807) is 56.7 Å². The van der Waals surface area contributed by atoms with Crippen molar-refractivity contribution in [2.75, 3.05) is 79.3 Å². The number of thioether (sulfide) groups is 1. The molecule has 0 spiro atoms. The highest BCUT2D eigenvalue weighted by Crippen LogP contribution is 2.64. The van der Waals surface area contributed by atoms with E-state index < -0.39 is 0 Å². The van der Waals surface area contributed by atoms with E-state index >= 15 is 0 Å². The Morgan fingerprint density at radius 1 is 0.429 bits per heavy atom. The minimum absolute atomic E-state index is 0.0603. The molecule has 12 rings (SSSR count). The molecule has 0 amide bonds. The lowest BCUT2D eigenvalue weighted by Gasteiger charge is -2.22. The third-order valence-electron chi connectivity index (χ3n) is 10.0. The summed E-state index contributed by atoms with van der Waals surface area (Å²) < 4.78 is 77.7. The first-order valence-corrected chi connectivity index (χ1v) is 23.4. The summed E-state index contributed by atoms with van der Waals surface area (Å²) in [5.74, 6) is 7.62. The first-order chi connectivity index (χ1) is 27.6. The number of thiophene rings is 5. The van der Waals surface area contributed by atoms with Crippen LogP contribution >= 0.6 is 68.4 Å². The second-order valence-corrected chi connectivity index (χ2v) is 20.2. The molecule has 2 atom stereocenters. The van der Waals surface area contributed by atoms with Gasteiger partial charge >= 0.3 is 10.9 Å². The fourth-order valence-corrected chi connectivity index (χ4v) is 15.6. The molecule has 5 aromatic heterocycles. The minimum atomic E-state index is -0.0603. The zero-order chi connectivity index (χ0) is 37.1.